The number of benzene rings is 1. The first-order valence-corrected chi connectivity index (χ1v) is 7.13. The van der Waals surface area contributed by atoms with Crippen LogP contribution in [0, 0.1) is 0 Å². The predicted molar refractivity (Wildman–Crippen MR) is 69.9 cm³/mol. The topological polar surface area (TPSA) is 0 Å². The van der Waals surface area contributed by atoms with Gasteiger partial charge >= 0.3 is 0 Å². The summed E-state index contributed by atoms with van der Waals surface area (Å²) in [4.78, 5) is 1.30. The maximum atomic E-state index is 5.73. The highest BCUT2D eigenvalue weighted by Gasteiger charge is 1.97. The molecule has 0 aliphatic heterocycles. The number of thiophene rings is 1. The third-order valence-corrected chi connectivity index (χ3v) is 4.19. The van der Waals surface area contributed by atoms with Crippen molar-refractivity contribution in [1.29, 1.82) is 0 Å². The van der Waals surface area contributed by atoms with Gasteiger partial charge in [0.2, 0.25) is 0 Å². The van der Waals surface area contributed by atoms with Crippen LogP contribution >= 0.6 is 34.7 Å². The van der Waals surface area contributed by atoms with Gasteiger partial charge in [0.15, 0.2) is 0 Å². The van der Waals surface area contributed by atoms with Crippen molar-refractivity contribution >= 4 is 34.7 Å². The Morgan fingerprint density at radius 2 is 1.87 bits per heavy atom. The SMILES string of the molecule is ClCc1ccc(SCc2ccsc2)cc1. The average molecular weight is 255 g/mol. The van der Waals surface area contributed by atoms with E-state index in [1.807, 2.05) is 11.8 Å². The molecule has 0 N–H and O–H groups in total. The molecule has 0 bridgehead atoms. The number of hydrogen-bond acceptors (Lipinski definition) is 2. The van der Waals surface area contributed by atoms with Crippen LogP contribution in [0.15, 0.2) is 46.0 Å². The first-order chi connectivity index (χ1) is 7.38. The molecule has 1 aromatic heterocycles. The van der Waals surface area contributed by atoms with Crippen LogP contribution in [0.25, 0.3) is 0 Å². The van der Waals surface area contributed by atoms with Crippen LogP contribution in [0.3, 0.4) is 0 Å². The van der Waals surface area contributed by atoms with E-state index in [-0.39, 0.29) is 0 Å². The van der Waals surface area contributed by atoms with Crippen molar-refractivity contribution < 1.29 is 0 Å². The minimum atomic E-state index is 0.593. The molecule has 2 rings (SSSR count). The fourth-order valence-corrected chi connectivity index (χ4v) is 3.01. The largest absolute Gasteiger partial charge is 0.152 e. The van der Waals surface area contributed by atoms with Crippen molar-refractivity contribution in [1.82, 2.24) is 0 Å². The number of alkyl halides is 1. The van der Waals surface area contributed by atoms with E-state index < -0.39 is 0 Å². The van der Waals surface area contributed by atoms with E-state index in [1.54, 1.807) is 11.3 Å². The third-order valence-electron chi connectivity index (χ3n) is 2.06. The molecule has 1 heterocycles. The quantitative estimate of drug-likeness (QED) is 0.559. The minimum absolute atomic E-state index is 0.593. The summed E-state index contributed by atoms with van der Waals surface area (Å²) < 4.78 is 0. The Morgan fingerprint density at radius 3 is 2.47 bits per heavy atom. The van der Waals surface area contributed by atoms with Gasteiger partial charge in [0.1, 0.15) is 0 Å². The summed E-state index contributed by atoms with van der Waals surface area (Å²) >= 11 is 9.34. The Bertz CT molecular complexity index is 392. The second kappa shape index (κ2) is 5.59. The highest BCUT2D eigenvalue weighted by Crippen LogP contribution is 2.24. The van der Waals surface area contributed by atoms with Crippen LogP contribution in [0.4, 0.5) is 0 Å². The lowest BCUT2D eigenvalue weighted by atomic mass is 10.2. The van der Waals surface area contributed by atoms with Crippen LogP contribution in [0.1, 0.15) is 11.1 Å². The molecule has 0 unspecified atom stereocenters. The van der Waals surface area contributed by atoms with Crippen LogP contribution in [0.2, 0.25) is 0 Å². The number of halogens is 1. The molecular weight excluding hydrogens is 244 g/mol. The van der Waals surface area contributed by atoms with E-state index in [0.717, 1.165) is 5.75 Å². The van der Waals surface area contributed by atoms with E-state index in [9.17, 15) is 0 Å². The highest BCUT2D eigenvalue weighted by atomic mass is 35.5. The van der Waals surface area contributed by atoms with Gasteiger partial charge in [0, 0.05) is 16.5 Å². The molecule has 78 valence electrons. The van der Waals surface area contributed by atoms with Gasteiger partial charge in [-0.1, -0.05) is 12.1 Å². The maximum Gasteiger partial charge on any atom is 0.0474 e. The molecule has 0 nitrogen and oxygen atoms in total. The van der Waals surface area contributed by atoms with Crippen LogP contribution < -0.4 is 0 Å². The molecule has 0 amide bonds. The van der Waals surface area contributed by atoms with Gasteiger partial charge in [-0.3, -0.25) is 0 Å². The average Bonchev–Trinajstić information content (AvgIpc) is 2.80. The van der Waals surface area contributed by atoms with E-state index in [2.05, 4.69) is 41.1 Å². The summed E-state index contributed by atoms with van der Waals surface area (Å²) in [6.07, 6.45) is 0. The van der Waals surface area contributed by atoms with Crippen LogP contribution in [-0.4, -0.2) is 0 Å². The van der Waals surface area contributed by atoms with Gasteiger partial charge in [0.25, 0.3) is 0 Å². The van der Waals surface area contributed by atoms with Gasteiger partial charge in [-0.05, 0) is 40.1 Å². The number of hydrogen-bond donors (Lipinski definition) is 0. The molecule has 0 aliphatic rings. The predicted octanol–water partition coefficient (Wildman–Crippen LogP) is 4.78. The Kier molecular flexibility index (Phi) is 4.12. The molecule has 2 aromatic rings. The summed E-state index contributed by atoms with van der Waals surface area (Å²) in [6.45, 7) is 0. The van der Waals surface area contributed by atoms with Crippen LogP contribution in [0.5, 0.6) is 0 Å². The van der Waals surface area contributed by atoms with Crippen molar-refractivity contribution in [3.8, 4) is 0 Å². The van der Waals surface area contributed by atoms with Crippen LogP contribution in [-0.2, 0) is 11.6 Å². The first kappa shape index (κ1) is 11.1. The van der Waals surface area contributed by atoms with Gasteiger partial charge in [-0.15, -0.1) is 23.4 Å². The molecule has 3 heteroatoms. The summed E-state index contributed by atoms with van der Waals surface area (Å²) in [5, 5.41) is 4.31. The molecule has 0 radical (unpaired) electrons. The van der Waals surface area contributed by atoms with Crippen molar-refractivity contribution in [2.24, 2.45) is 0 Å². The van der Waals surface area contributed by atoms with Gasteiger partial charge in [-0.2, -0.15) is 11.3 Å². The zero-order valence-corrected chi connectivity index (χ0v) is 10.5. The smallest absolute Gasteiger partial charge is 0.0474 e. The van der Waals surface area contributed by atoms with Gasteiger partial charge in [0.05, 0.1) is 0 Å². The lowest BCUT2D eigenvalue weighted by molar-refractivity contribution is 1.33. The molecule has 0 fully saturated rings. The fraction of sp³-hybridized carbons (Fsp3) is 0.167. The standard InChI is InChI=1S/C12H11ClS2/c13-7-10-1-3-12(4-2-10)15-9-11-5-6-14-8-11/h1-6,8H,7,9H2. The molecule has 0 aliphatic carbocycles. The lowest BCUT2D eigenvalue weighted by Gasteiger charge is -2.01. The Labute approximate surface area is 103 Å². The maximum absolute atomic E-state index is 5.73. The zero-order chi connectivity index (χ0) is 10.5. The van der Waals surface area contributed by atoms with Crippen molar-refractivity contribution in [3.05, 3.63) is 52.2 Å². The molecule has 1 aromatic carbocycles. The minimum Gasteiger partial charge on any atom is -0.152 e. The summed E-state index contributed by atoms with van der Waals surface area (Å²) in [6, 6.07) is 10.6. The Hall–Kier alpha value is -0.440. The third kappa shape index (κ3) is 3.26. The summed E-state index contributed by atoms with van der Waals surface area (Å²) in [5.41, 5.74) is 2.57. The Morgan fingerprint density at radius 1 is 1.07 bits per heavy atom. The fourth-order valence-electron chi connectivity index (χ4n) is 1.22. The van der Waals surface area contributed by atoms with E-state index in [1.165, 1.54) is 16.0 Å². The van der Waals surface area contributed by atoms with E-state index >= 15 is 0 Å². The van der Waals surface area contributed by atoms with Crippen molar-refractivity contribution in [3.63, 3.8) is 0 Å². The second-order valence-corrected chi connectivity index (χ2v) is 5.29. The van der Waals surface area contributed by atoms with Crippen molar-refractivity contribution in [2.45, 2.75) is 16.5 Å². The summed E-state index contributed by atoms with van der Waals surface area (Å²) in [7, 11) is 0. The second-order valence-electron chi connectivity index (χ2n) is 3.20. The molecule has 0 saturated carbocycles. The normalized spacial score (nSPS) is 10.5. The van der Waals surface area contributed by atoms with Gasteiger partial charge < -0.3 is 0 Å². The molecular formula is C12H11ClS2. The molecule has 0 spiro atoms. The van der Waals surface area contributed by atoms with E-state index in [4.69, 9.17) is 11.6 Å². The Balaban J connectivity index is 1.93. The zero-order valence-electron chi connectivity index (χ0n) is 8.15. The molecule has 0 saturated heterocycles. The first-order valence-electron chi connectivity index (χ1n) is 4.67. The highest BCUT2D eigenvalue weighted by molar-refractivity contribution is 7.98. The molecule has 15 heavy (non-hydrogen) atoms. The number of thioether (sulfide) groups is 1. The lowest BCUT2D eigenvalue weighted by Crippen LogP contribution is -1.79. The van der Waals surface area contributed by atoms with Gasteiger partial charge in [-0.25, -0.2) is 0 Å². The van der Waals surface area contributed by atoms with Crippen molar-refractivity contribution in [2.75, 3.05) is 0 Å². The summed E-state index contributed by atoms with van der Waals surface area (Å²) in [5.74, 6) is 1.64. The monoisotopic (exact) mass is 254 g/mol. The van der Waals surface area contributed by atoms with E-state index in [0.29, 0.717) is 5.88 Å². The number of rotatable bonds is 4. The molecule has 0 atom stereocenters.